The van der Waals surface area contributed by atoms with E-state index >= 15 is 0 Å². The first-order chi connectivity index (χ1) is 22.0. The molecule has 0 bridgehead atoms. The van der Waals surface area contributed by atoms with Gasteiger partial charge in [-0.05, 0) is 85.5 Å². The minimum Gasteiger partial charge on any atom is -0.238 e. The smallest absolute Gasteiger partial charge is 0.187 e. The Labute approximate surface area is 266 Å². The summed E-state index contributed by atoms with van der Waals surface area (Å²) in [6.45, 7) is 12.3. The summed E-state index contributed by atoms with van der Waals surface area (Å²) in [4.78, 5) is 3.71. The summed E-state index contributed by atoms with van der Waals surface area (Å²) < 4.78 is 2.64. The highest BCUT2D eigenvalue weighted by atomic mass is 32.1. The molecule has 0 spiro atoms. The second-order valence-electron chi connectivity index (χ2n) is 12.6. The number of fused-ring (bicyclic) bond motifs is 10. The maximum Gasteiger partial charge on any atom is 0.187 e. The van der Waals surface area contributed by atoms with Crippen LogP contribution in [0.15, 0.2) is 115 Å². The topological polar surface area (TPSA) is 28.1 Å². The Bertz CT molecular complexity index is 2500. The monoisotopic (exact) mass is 590 g/mol. The molecule has 2 nitrogen and oxygen atoms in total. The van der Waals surface area contributed by atoms with Crippen molar-refractivity contribution in [3.63, 3.8) is 0 Å². The molecule has 1 heterocycles. The van der Waals surface area contributed by atoms with Gasteiger partial charge in [0.25, 0.3) is 0 Å². The largest absolute Gasteiger partial charge is 0.238 e. The van der Waals surface area contributed by atoms with Gasteiger partial charge in [0.2, 0.25) is 0 Å². The lowest BCUT2D eigenvalue weighted by molar-refractivity contribution is 0.667. The summed E-state index contributed by atoms with van der Waals surface area (Å²) in [6, 6.07) is 43.3. The van der Waals surface area contributed by atoms with E-state index in [2.05, 4.69) is 116 Å². The lowest BCUT2D eigenvalue weighted by Gasteiger charge is -2.22. The van der Waals surface area contributed by atoms with Crippen LogP contribution in [0.1, 0.15) is 53.1 Å². The van der Waals surface area contributed by atoms with Crippen LogP contribution in [0.5, 0.6) is 0 Å². The third kappa shape index (κ3) is 3.48. The number of rotatable bonds is 2. The normalized spacial score (nSPS) is 15.2. The van der Waals surface area contributed by atoms with E-state index in [0.717, 1.165) is 33.4 Å². The molecular weight excluding hydrogens is 565 g/mol. The molecule has 0 aliphatic heterocycles. The second-order valence-corrected chi connectivity index (χ2v) is 13.7. The first kappa shape index (κ1) is 26.0. The summed E-state index contributed by atoms with van der Waals surface area (Å²) >= 11 is 1.89. The lowest BCUT2D eigenvalue weighted by atomic mass is 9.81. The molecule has 2 aliphatic rings. The van der Waals surface area contributed by atoms with Crippen LogP contribution >= 0.6 is 11.3 Å². The van der Waals surface area contributed by atoms with E-state index in [1.54, 1.807) is 0 Å². The first-order valence-electron chi connectivity index (χ1n) is 15.2. The fraction of sp³-hybridized carbons (Fsp3) is 0.0952. The quantitative estimate of drug-likeness (QED) is 0.184. The number of nitrogens with zero attached hydrogens (tertiary/aromatic N) is 2. The molecule has 3 heteroatoms. The van der Waals surface area contributed by atoms with Crippen LogP contribution in [-0.4, -0.2) is 0 Å². The van der Waals surface area contributed by atoms with Crippen molar-refractivity contribution in [3.8, 4) is 39.4 Å². The molecule has 6 aromatic carbocycles. The van der Waals surface area contributed by atoms with E-state index < -0.39 is 0 Å². The van der Waals surface area contributed by atoms with Gasteiger partial charge in [0.1, 0.15) is 0 Å². The summed E-state index contributed by atoms with van der Waals surface area (Å²) in [6.07, 6.45) is 0. The van der Waals surface area contributed by atoms with Gasteiger partial charge in [-0.15, -0.1) is 11.3 Å². The van der Waals surface area contributed by atoms with E-state index in [1.807, 2.05) is 35.6 Å². The maximum atomic E-state index is 10.4. The predicted octanol–water partition coefficient (Wildman–Crippen LogP) is 11.6. The van der Waals surface area contributed by atoms with Crippen molar-refractivity contribution >= 4 is 37.2 Å². The van der Waals surface area contributed by atoms with Crippen LogP contribution in [-0.2, 0) is 5.41 Å². The third-order valence-electron chi connectivity index (χ3n) is 10.0. The molecule has 1 aromatic heterocycles. The van der Waals surface area contributed by atoms with Gasteiger partial charge >= 0.3 is 0 Å². The molecule has 0 saturated carbocycles. The molecule has 1 atom stereocenters. The number of hydrogen-bond acceptors (Lipinski definition) is 2. The van der Waals surface area contributed by atoms with Gasteiger partial charge in [-0.3, -0.25) is 0 Å². The summed E-state index contributed by atoms with van der Waals surface area (Å²) in [5, 5.41) is 13.0. The molecule has 0 amide bonds. The van der Waals surface area contributed by atoms with Crippen molar-refractivity contribution in [2.24, 2.45) is 0 Å². The Morgan fingerprint density at radius 3 is 2.33 bits per heavy atom. The van der Waals surface area contributed by atoms with Crippen molar-refractivity contribution in [2.45, 2.75) is 25.2 Å². The Kier molecular flexibility index (Phi) is 5.34. The number of benzene rings is 6. The number of thiophene rings is 1. The van der Waals surface area contributed by atoms with Crippen molar-refractivity contribution in [2.75, 3.05) is 0 Å². The van der Waals surface area contributed by atoms with Crippen molar-refractivity contribution in [3.05, 3.63) is 160 Å². The van der Waals surface area contributed by atoms with E-state index in [9.17, 15) is 5.26 Å². The van der Waals surface area contributed by atoms with Crippen LogP contribution < -0.4 is 0 Å². The Morgan fingerprint density at radius 1 is 0.711 bits per heavy atom. The molecule has 0 radical (unpaired) electrons. The van der Waals surface area contributed by atoms with E-state index in [-0.39, 0.29) is 11.3 Å². The van der Waals surface area contributed by atoms with Crippen LogP contribution in [0.4, 0.5) is 5.69 Å². The zero-order valence-corrected chi connectivity index (χ0v) is 25.7. The highest BCUT2D eigenvalue weighted by molar-refractivity contribution is 7.26. The van der Waals surface area contributed by atoms with Gasteiger partial charge in [-0.2, -0.15) is 5.26 Å². The average molecular weight is 591 g/mol. The average Bonchev–Trinajstić information content (AvgIpc) is 3.69. The molecule has 210 valence electrons. The van der Waals surface area contributed by atoms with Gasteiger partial charge in [-0.25, -0.2) is 4.85 Å². The SMILES string of the molecule is [C-]#[N+]c1ccc2c(c1)-c1ccccc1C2c1c(C#N)cccc1-c1ccc2sc3c4c(ccc3c2c1)-c1ccccc1C4(C)C. The highest BCUT2D eigenvalue weighted by Gasteiger charge is 2.38. The summed E-state index contributed by atoms with van der Waals surface area (Å²) in [5.41, 5.74) is 14.5. The van der Waals surface area contributed by atoms with Crippen LogP contribution in [0.2, 0.25) is 0 Å². The highest BCUT2D eigenvalue weighted by Crippen LogP contribution is 2.55. The van der Waals surface area contributed by atoms with Crippen LogP contribution in [0.3, 0.4) is 0 Å². The maximum absolute atomic E-state index is 10.4. The minimum absolute atomic E-state index is 0.0696. The fourth-order valence-electron chi connectivity index (χ4n) is 8.05. The summed E-state index contributed by atoms with van der Waals surface area (Å²) in [7, 11) is 0. The van der Waals surface area contributed by atoms with Gasteiger partial charge in [0.05, 0.1) is 18.2 Å². The molecule has 1 unspecified atom stereocenters. The number of nitriles is 1. The molecule has 0 N–H and O–H groups in total. The van der Waals surface area contributed by atoms with Gasteiger partial charge in [0.15, 0.2) is 5.69 Å². The van der Waals surface area contributed by atoms with Crippen LogP contribution in [0, 0.1) is 17.9 Å². The molecule has 45 heavy (non-hydrogen) atoms. The molecule has 2 aliphatic carbocycles. The van der Waals surface area contributed by atoms with Gasteiger partial charge in [0, 0.05) is 31.5 Å². The first-order valence-corrected chi connectivity index (χ1v) is 16.0. The van der Waals surface area contributed by atoms with E-state index in [4.69, 9.17) is 6.57 Å². The van der Waals surface area contributed by atoms with Crippen molar-refractivity contribution in [1.82, 2.24) is 0 Å². The molecular formula is C42H26N2S. The zero-order chi connectivity index (χ0) is 30.4. The molecule has 9 rings (SSSR count). The van der Waals surface area contributed by atoms with Crippen LogP contribution in [0.25, 0.3) is 58.4 Å². The van der Waals surface area contributed by atoms with Crippen molar-refractivity contribution < 1.29 is 0 Å². The van der Waals surface area contributed by atoms with E-state index in [0.29, 0.717) is 11.3 Å². The third-order valence-corrected chi connectivity index (χ3v) is 11.2. The van der Waals surface area contributed by atoms with E-state index in [1.165, 1.54) is 48.0 Å². The van der Waals surface area contributed by atoms with Gasteiger partial charge in [-0.1, -0.05) is 105 Å². The fourth-order valence-corrected chi connectivity index (χ4v) is 9.44. The van der Waals surface area contributed by atoms with Crippen molar-refractivity contribution in [1.29, 1.82) is 5.26 Å². The number of hydrogen-bond donors (Lipinski definition) is 0. The Balaban J connectivity index is 1.27. The Hall–Kier alpha value is -5.48. The zero-order valence-electron chi connectivity index (χ0n) is 24.8. The Morgan fingerprint density at radius 2 is 1.49 bits per heavy atom. The summed E-state index contributed by atoms with van der Waals surface area (Å²) in [5.74, 6) is -0.0978. The lowest BCUT2D eigenvalue weighted by Crippen LogP contribution is -2.14. The minimum atomic E-state index is -0.0978. The van der Waals surface area contributed by atoms with Gasteiger partial charge < -0.3 is 0 Å². The molecule has 0 saturated heterocycles. The molecule has 7 aromatic rings. The standard InChI is InChI=1S/C42H26N2S/c1-42(2)36-14-7-6-11-29(36)32-18-19-33-35-21-24(15-20-37(35)45-41(33)40(32)42)27-13-8-9-25(23-43)38(27)39-30-12-5-4-10-28(30)34-22-26(44-3)16-17-31(34)39/h4-22,39H,1-2H3. The predicted molar refractivity (Wildman–Crippen MR) is 186 cm³/mol. The molecule has 0 fully saturated rings. The second kappa shape index (κ2) is 9.26.